The van der Waals surface area contributed by atoms with Crippen molar-refractivity contribution in [2.75, 3.05) is 16.4 Å². The van der Waals surface area contributed by atoms with Gasteiger partial charge in [0.25, 0.3) is 0 Å². The second kappa shape index (κ2) is 6.47. The first kappa shape index (κ1) is 15.2. The van der Waals surface area contributed by atoms with Crippen LogP contribution in [0.4, 0.5) is 21.9 Å². The minimum atomic E-state index is -0.423. The summed E-state index contributed by atoms with van der Waals surface area (Å²) < 4.78 is 1.50. The zero-order valence-corrected chi connectivity index (χ0v) is 14.0. The number of amides is 2. The first-order chi connectivity index (χ1) is 9.47. The monoisotopic (exact) mass is 417 g/mol. The van der Waals surface area contributed by atoms with E-state index in [1.165, 1.54) is 0 Å². The van der Waals surface area contributed by atoms with Gasteiger partial charge in [-0.1, -0.05) is 39.7 Å². The van der Waals surface area contributed by atoms with Gasteiger partial charge in [-0.05, 0) is 40.2 Å². The van der Waals surface area contributed by atoms with E-state index in [0.717, 1.165) is 4.47 Å². The maximum Gasteiger partial charge on any atom is 0.323 e. The number of nitrogens with one attached hydrogen (secondary N) is 2. The number of para-hydroxylation sites is 1. The number of carbonyl (C=O) groups excluding carboxylic acids is 1. The molecular formula is C13H10Br2ClN3O. The lowest BCUT2D eigenvalue weighted by atomic mass is 10.2. The number of hydrogen-bond acceptors (Lipinski definition) is 2. The van der Waals surface area contributed by atoms with Crippen LogP contribution in [0, 0.1) is 0 Å². The average molecular weight is 420 g/mol. The molecule has 4 nitrogen and oxygen atoms in total. The number of anilines is 3. The van der Waals surface area contributed by atoms with E-state index in [0.29, 0.717) is 26.6 Å². The van der Waals surface area contributed by atoms with Crippen molar-refractivity contribution in [2.45, 2.75) is 0 Å². The van der Waals surface area contributed by atoms with E-state index in [-0.39, 0.29) is 0 Å². The van der Waals surface area contributed by atoms with Crippen molar-refractivity contribution in [3.8, 4) is 0 Å². The molecule has 0 saturated heterocycles. The van der Waals surface area contributed by atoms with Gasteiger partial charge in [0.05, 0.1) is 22.1 Å². The molecule has 0 radical (unpaired) electrons. The molecule has 0 spiro atoms. The minimum Gasteiger partial charge on any atom is -0.397 e. The highest BCUT2D eigenvalue weighted by Gasteiger charge is 2.11. The van der Waals surface area contributed by atoms with Crippen LogP contribution in [-0.4, -0.2) is 6.03 Å². The quantitative estimate of drug-likeness (QED) is 0.594. The summed E-state index contributed by atoms with van der Waals surface area (Å²) in [6.07, 6.45) is 0. The van der Waals surface area contributed by atoms with E-state index < -0.39 is 6.03 Å². The van der Waals surface area contributed by atoms with E-state index >= 15 is 0 Å². The van der Waals surface area contributed by atoms with Crippen LogP contribution in [0.2, 0.25) is 5.02 Å². The lowest BCUT2D eigenvalue weighted by molar-refractivity contribution is 0.262. The van der Waals surface area contributed by atoms with Gasteiger partial charge in [-0.3, -0.25) is 0 Å². The smallest absolute Gasteiger partial charge is 0.323 e. The van der Waals surface area contributed by atoms with Gasteiger partial charge < -0.3 is 16.4 Å². The Hall–Kier alpha value is -1.24. The Morgan fingerprint density at radius 1 is 1.15 bits per heavy atom. The molecule has 2 aromatic carbocycles. The molecule has 0 atom stereocenters. The normalized spacial score (nSPS) is 10.2. The molecule has 0 aliphatic rings. The molecule has 0 aromatic heterocycles. The second-order valence-corrected chi connectivity index (χ2v) is 6.09. The van der Waals surface area contributed by atoms with Crippen molar-refractivity contribution in [3.05, 3.63) is 50.4 Å². The van der Waals surface area contributed by atoms with Crippen molar-refractivity contribution in [1.82, 2.24) is 0 Å². The van der Waals surface area contributed by atoms with Gasteiger partial charge in [0, 0.05) is 8.95 Å². The van der Waals surface area contributed by atoms with Crippen molar-refractivity contribution in [2.24, 2.45) is 0 Å². The molecule has 0 aliphatic carbocycles. The van der Waals surface area contributed by atoms with Gasteiger partial charge in [-0.2, -0.15) is 0 Å². The number of carbonyl (C=O) groups is 1. The Balaban J connectivity index is 2.15. The molecule has 7 heteroatoms. The van der Waals surface area contributed by atoms with Crippen LogP contribution in [0.5, 0.6) is 0 Å². The van der Waals surface area contributed by atoms with E-state index in [1.54, 1.807) is 36.4 Å². The predicted molar refractivity (Wildman–Crippen MR) is 90.3 cm³/mol. The molecule has 0 heterocycles. The summed E-state index contributed by atoms with van der Waals surface area (Å²) in [6.45, 7) is 0. The van der Waals surface area contributed by atoms with Gasteiger partial charge in [-0.15, -0.1) is 0 Å². The van der Waals surface area contributed by atoms with Crippen LogP contribution in [0.3, 0.4) is 0 Å². The first-order valence-electron chi connectivity index (χ1n) is 5.54. The Labute approximate surface area is 137 Å². The number of halogens is 3. The summed E-state index contributed by atoms with van der Waals surface area (Å²) in [6, 6.07) is 10.0. The highest BCUT2D eigenvalue weighted by atomic mass is 79.9. The molecule has 4 N–H and O–H groups in total. The lowest BCUT2D eigenvalue weighted by Crippen LogP contribution is -2.20. The summed E-state index contributed by atoms with van der Waals surface area (Å²) in [4.78, 5) is 12.0. The number of nitrogen functional groups attached to an aromatic ring is 1. The molecule has 104 valence electrons. The Morgan fingerprint density at radius 2 is 1.85 bits per heavy atom. The fourth-order valence-electron chi connectivity index (χ4n) is 1.56. The minimum absolute atomic E-state index is 0.423. The molecule has 20 heavy (non-hydrogen) atoms. The Bertz CT molecular complexity index is 641. The standard InChI is InChI=1S/C13H10Br2ClN3O/c14-7-5-8(15)12(10(17)6-7)19-13(20)18-11-4-2-1-3-9(11)16/h1-6H,17H2,(H2,18,19,20). The Kier molecular flexibility index (Phi) is 4.91. The third kappa shape index (κ3) is 3.65. The summed E-state index contributed by atoms with van der Waals surface area (Å²) >= 11 is 12.6. The fourth-order valence-corrected chi connectivity index (χ4v) is 3.10. The average Bonchev–Trinajstić information content (AvgIpc) is 2.36. The number of hydrogen-bond donors (Lipinski definition) is 3. The SMILES string of the molecule is Nc1cc(Br)cc(Br)c1NC(=O)Nc1ccccc1Cl. The van der Waals surface area contributed by atoms with Crippen LogP contribution in [-0.2, 0) is 0 Å². The maximum absolute atomic E-state index is 12.0. The lowest BCUT2D eigenvalue weighted by Gasteiger charge is -2.12. The molecule has 0 fully saturated rings. The summed E-state index contributed by atoms with van der Waals surface area (Å²) in [5, 5.41) is 5.80. The van der Waals surface area contributed by atoms with Crippen LogP contribution < -0.4 is 16.4 Å². The topological polar surface area (TPSA) is 67.1 Å². The molecular weight excluding hydrogens is 409 g/mol. The van der Waals surface area contributed by atoms with Gasteiger partial charge in [0.1, 0.15) is 0 Å². The van der Waals surface area contributed by atoms with E-state index in [1.807, 2.05) is 0 Å². The van der Waals surface area contributed by atoms with Gasteiger partial charge >= 0.3 is 6.03 Å². The van der Waals surface area contributed by atoms with E-state index in [9.17, 15) is 4.79 Å². The van der Waals surface area contributed by atoms with Crippen molar-refractivity contribution in [3.63, 3.8) is 0 Å². The number of benzene rings is 2. The van der Waals surface area contributed by atoms with Gasteiger partial charge in [0.15, 0.2) is 0 Å². The van der Waals surface area contributed by atoms with Crippen LogP contribution in [0.25, 0.3) is 0 Å². The van der Waals surface area contributed by atoms with Crippen molar-refractivity contribution in [1.29, 1.82) is 0 Å². The summed E-state index contributed by atoms with van der Waals surface area (Å²) in [7, 11) is 0. The largest absolute Gasteiger partial charge is 0.397 e. The first-order valence-corrected chi connectivity index (χ1v) is 7.51. The van der Waals surface area contributed by atoms with Crippen LogP contribution in [0.1, 0.15) is 0 Å². The van der Waals surface area contributed by atoms with Crippen molar-refractivity contribution < 1.29 is 4.79 Å². The molecule has 0 unspecified atom stereocenters. The highest BCUT2D eigenvalue weighted by Crippen LogP contribution is 2.32. The van der Waals surface area contributed by atoms with E-state index in [4.69, 9.17) is 17.3 Å². The molecule has 0 bridgehead atoms. The van der Waals surface area contributed by atoms with Crippen LogP contribution in [0.15, 0.2) is 45.3 Å². The third-order valence-corrected chi connectivity index (χ3v) is 3.86. The number of rotatable bonds is 2. The van der Waals surface area contributed by atoms with Crippen LogP contribution >= 0.6 is 43.5 Å². The number of nitrogens with two attached hydrogens (primary N) is 1. The summed E-state index contributed by atoms with van der Waals surface area (Å²) in [5.41, 5.74) is 7.33. The zero-order valence-electron chi connectivity index (χ0n) is 10.1. The molecule has 2 rings (SSSR count). The maximum atomic E-state index is 12.0. The highest BCUT2D eigenvalue weighted by molar-refractivity contribution is 9.11. The molecule has 0 saturated carbocycles. The second-order valence-electron chi connectivity index (χ2n) is 3.91. The van der Waals surface area contributed by atoms with Crippen molar-refractivity contribution >= 4 is 66.6 Å². The fraction of sp³-hybridized carbons (Fsp3) is 0. The third-order valence-electron chi connectivity index (χ3n) is 2.45. The molecule has 2 amide bonds. The zero-order chi connectivity index (χ0) is 14.7. The van der Waals surface area contributed by atoms with Gasteiger partial charge in [0.2, 0.25) is 0 Å². The molecule has 0 aliphatic heterocycles. The Morgan fingerprint density at radius 3 is 2.50 bits per heavy atom. The molecule has 2 aromatic rings. The summed E-state index contributed by atoms with van der Waals surface area (Å²) in [5.74, 6) is 0. The van der Waals surface area contributed by atoms with E-state index in [2.05, 4.69) is 42.5 Å². The number of urea groups is 1. The predicted octanol–water partition coefficient (Wildman–Crippen LogP) is 5.09. The van der Waals surface area contributed by atoms with Gasteiger partial charge in [-0.25, -0.2) is 4.79 Å².